The van der Waals surface area contributed by atoms with Crippen LogP contribution in [0.5, 0.6) is 0 Å². The fourth-order valence-electron chi connectivity index (χ4n) is 4.82. The summed E-state index contributed by atoms with van der Waals surface area (Å²) >= 11 is 0. The lowest BCUT2D eigenvalue weighted by Gasteiger charge is -2.19. The Bertz CT molecular complexity index is 590. The van der Waals surface area contributed by atoms with Crippen LogP contribution in [0.1, 0.15) is 124 Å². The average molecular weight is 435 g/mol. The van der Waals surface area contributed by atoms with Gasteiger partial charge in [-0.1, -0.05) is 55.7 Å². The van der Waals surface area contributed by atoms with E-state index >= 15 is 0 Å². The number of Topliss-reactive ketones (excluding diaryl/α,β-unsaturated/α-hetero) is 1. The second kappa shape index (κ2) is 16.0. The van der Waals surface area contributed by atoms with Gasteiger partial charge in [0.25, 0.3) is 0 Å². The average Bonchev–Trinajstić information content (AvgIpc) is 2.80. The molecule has 0 aromatic rings. The zero-order valence-electron chi connectivity index (χ0n) is 20.5. The van der Waals surface area contributed by atoms with Crippen LogP contribution in [0.3, 0.4) is 0 Å². The fourth-order valence-corrected chi connectivity index (χ4v) is 4.82. The van der Waals surface area contributed by atoms with Crippen molar-refractivity contribution in [1.29, 1.82) is 0 Å². The van der Waals surface area contributed by atoms with Crippen LogP contribution in [0, 0.1) is 11.8 Å². The van der Waals surface area contributed by atoms with Gasteiger partial charge < -0.3 is 10.5 Å². The van der Waals surface area contributed by atoms with Crippen molar-refractivity contribution in [2.24, 2.45) is 17.0 Å². The van der Waals surface area contributed by atoms with Gasteiger partial charge in [0.05, 0.1) is 5.71 Å². The quantitative estimate of drug-likeness (QED) is 0.287. The zero-order valence-corrected chi connectivity index (χ0v) is 20.5. The van der Waals surface area contributed by atoms with E-state index in [0.29, 0.717) is 17.6 Å². The molecule has 3 rings (SSSR count). The Morgan fingerprint density at radius 2 is 1.19 bits per heavy atom. The molecular formula is C26H46N2O3. The van der Waals surface area contributed by atoms with Gasteiger partial charge in [-0.25, -0.2) is 0 Å². The van der Waals surface area contributed by atoms with E-state index in [1.165, 1.54) is 89.0 Å². The van der Waals surface area contributed by atoms with E-state index in [1.54, 1.807) is 13.8 Å². The number of oxime groups is 1. The second-order valence-electron chi connectivity index (χ2n) is 9.49. The Morgan fingerprint density at radius 1 is 0.742 bits per heavy atom. The molecule has 0 aliphatic heterocycles. The van der Waals surface area contributed by atoms with Gasteiger partial charge in [0, 0.05) is 24.5 Å². The molecule has 5 nitrogen and oxygen atoms in total. The summed E-state index contributed by atoms with van der Waals surface area (Å²) in [5, 5.41) is 14.6. The van der Waals surface area contributed by atoms with Crippen LogP contribution in [-0.2, 0) is 9.59 Å². The lowest BCUT2D eigenvalue weighted by atomic mass is 9.86. The van der Waals surface area contributed by atoms with Gasteiger partial charge >= 0.3 is 0 Å². The van der Waals surface area contributed by atoms with Crippen molar-refractivity contribution in [1.82, 2.24) is 5.32 Å². The summed E-state index contributed by atoms with van der Waals surface area (Å²) in [6.07, 6.45) is 18.8. The maximum absolute atomic E-state index is 10.8. The van der Waals surface area contributed by atoms with Crippen molar-refractivity contribution in [3.63, 3.8) is 0 Å². The number of nitrogens with one attached hydrogen (secondary N) is 1. The number of hydrogen-bond acceptors (Lipinski definition) is 4. The van der Waals surface area contributed by atoms with Crippen LogP contribution in [0.25, 0.3) is 0 Å². The predicted octanol–water partition coefficient (Wildman–Crippen LogP) is 6.93. The SMILES string of the molecule is C/C(=N/O)C1CCCCC1.CC(=O)C1CCCCC1.CC(=O)NC(C)=C1CCCCC1. The summed E-state index contributed by atoms with van der Waals surface area (Å²) in [5.41, 5.74) is 3.44. The monoisotopic (exact) mass is 434 g/mol. The van der Waals surface area contributed by atoms with Crippen LogP contribution in [0.2, 0.25) is 0 Å². The lowest BCUT2D eigenvalue weighted by Crippen LogP contribution is -2.19. The fraction of sp³-hybridized carbons (Fsp3) is 0.808. The van der Waals surface area contributed by atoms with Crippen molar-refractivity contribution in [2.45, 2.75) is 124 Å². The van der Waals surface area contributed by atoms with E-state index in [4.69, 9.17) is 5.21 Å². The standard InChI is InChI=1S/C10H17NO.C8H15NO.C8H14O/c1-8(11-9(2)12)10-6-4-3-5-7-10;1-7(9-10)8-5-3-2-4-6-8;1-7(9)8-5-3-2-4-6-8/h3-7H2,1-2H3,(H,11,12);8,10H,2-6H2,1H3;8H,2-6H2,1H3/b;9-7-;. The van der Waals surface area contributed by atoms with E-state index in [2.05, 4.69) is 10.5 Å². The number of amides is 1. The molecule has 31 heavy (non-hydrogen) atoms. The molecule has 3 aliphatic rings. The van der Waals surface area contributed by atoms with Crippen molar-refractivity contribution >= 4 is 17.4 Å². The van der Waals surface area contributed by atoms with Gasteiger partial charge in [0.2, 0.25) is 5.91 Å². The molecule has 0 aromatic heterocycles. The highest BCUT2D eigenvalue weighted by molar-refractivity contribution is 5.83. The molecule has 0 unspecified atom stereocenters. The zero-order chi connectivity index (χ0) is 23.1. The molecule has 3 fully saturated rings. The first-order valence-electron chi connectivity index (χ1n) is 12.5. The first-order chi connectivity index (χ1) is 14.8. The first kappa shape index (κ1) is 27.4. The molecule has 0 saturated heterocycles. The van der Waals surface area contributed by atoms with Crippen LogP contribution in [0.4, 0.5) is 0 Å². The summed E-state index contributed by atoms with van der Waals surface area (Å²) in [4.78, 5) is 21.6. The first-order valence-corrected chi connectivity index (χ1v) is 12.5. The molecule has 3 saturated carbocycles. The van der Waals surface area contributed by atoms with Crippen molar-refractivity contribution in [3.05, 3.63) is 11.3 Å². The van der Waals surface area contributed by atoms with Gasteiger partial charge in [-0.05, 0) is 72.1 Å². The van der Waals surface area contributed by atoms with Gasteiger partial charge in [-0.3, -0.25) is 9.59 Å². The molecule has 2 N–H and O–H groups in total. The molecule has 3 aliphatic carbocycles. The molecule has 0 aromatic carbocycles. The highest BCUT2D eigenvalue weighted by Crippen LogP contribution is 2.25. The number of carbonyl (C=O) groups excluding carboxylic acids is 2. The third-order valence-electron chi connectivity index (χ3n) is 6.88. The highest BCUT2D eigenvalue weighted by Gasteiger charge is 2.17. The van der Waals surface area contributed by atoms with E-state index in [9.17, 15) is 9.59 Å². The van der Waals surface area contributed by atoms with Crippen LogP contribution < -0.4 is 5.32 Å². The summed E-state index contributed by atoms with van der Waals surface area (Å²) in [6, 6.07) is 0. The van der Waals surface area contributed by atoms with Crippen LogP contribution >= 0.6 is 0 Å². The number of carbonyl (C=O) groups is 2. The molecule has 0 radical (unpaired) electrons. The smallest absolute Gasteiger partial charge is 0.220 e. The molecule has 5 heteroatoms. The molecule has 0 bridgehead atoms. The van der Waals surface area contributed by atoms with Crippen LogP contribution in [-0.4, -0.2) is 22.6 Å². The largest absolute Gasteiger partial charge is 0.411 e. The van der Waals surface area contributed by atoms with Gasteiger partial charge in [0.15, 0.2) is 0 Å². The van der Waals surface area contributed by atoms with Gasteiger partial charge in [-0.2, -0.15) is 0 Å². The minimum absolute atomic E-state index is 0.0468. The van der Waals surface area contributed by atoms with E-state index < -0.39 is 0 Å². The molecule has 0 spiro atoms. The third kappa shape index (κ3) is 12.1. The number of allylic oxidation sites excluding steroid dienone is 2. The number of rotatable bonds is 3. The topological polar surface area (TPSA) is 78.8 Å². The van der Waals surface area contributed by atoms with Crippen molar-refractivity contribution in [3.8, 4) is 0 Å². The Morgan fingerprint density at radius 3 is 1.58 bits per heavy atom. The minimum Gasteiger partial charge on any atom is -0.411 e. The van der Waals surface area contributed by atoms with E-state index in [-0.39, 0.29) is 5.91 Å². The van der Waals surface area contributed by atoms with E-state index in [0.717, 1.165) is 24.3 Å². The van der Waals surface area contributed by atoms with Crippen molar-refractivity contribution < 1.29 is 14.8 Å². The Balaban J connectivity index is 0.000000235. The summed E-state index contributed by atoms with van der Waals surface area (Å²) < 4.78 is 0. The van der Waals surface area contributed by atoms with E-state index in [1.807, 2.05) is 13.8 Å². The Labute approximate surface area is 190 Å². The van der Waals surface area contributed by atoms with Crippen molar-refractivity contribution in [2.75, 3.05) is 0 Å². The summed E-state index contributed by atoms with van der Waals surface area (Å²) in [5.74, 6) is 1.43. The number of nitrogens with zero attached hydrogens (tertiary/aromatic N) is 1. The van der Waals surface area contributed by atoms with Gasteiger partial charge in [0.1, 0.15) is 5.78 Å². The Hall–Kier alpha value is -1.65. The molecular weight excluding hydrogens is 388 g/mol. The Kier molecular flexibility index (Phi) is 14.2. The third-order valence-corrected chi connectivity index (χ3v) is 6.88. The number of hydrogen-bond donors (Lipinski definition) is 2. The predicted molar refractivity (Wildman–Crippen MR) is 128 cm³/mol. The number of ketones is 1. The maximum Gasteiger partial charge on any atom is 0.220 e. The summed E-state index contributed by atoms with van der Waals surface area (Å²) in [6.45, 7) is 7.20. The molecule has 0 heterocycles. The lowest BCUT2D eigenvalue weighted by molar-refractivity contribution is -0.121. The highest BCUT2D eigenvalue weighted by atomic mass is 16.4. The normalized spacial score (nSPS) is 20.5. The van der Waals surface area contributed by atoms with Crippen LogP contribution in [0.15, 0.2) is 16.4 Å². The second-order valence-corrected chi connectivity index (χ2v) is 9.49. The van der Waals surface area contributed by atoms with Gasteiger partial charge in [-0.15, -0.1) is 0 Å². The maximum atomic E-state index is 10.8. The molecule has 1 amide bonds. The molecule has 178 valence electrons. The minimum atomic E-state index is 0.0468. The molecule has 0 atom stereocenters. The summed E-state index contributed by atoms with van der Waals surface area (Å²) in [7, 11) is 0.